The van der Waals surface area contributed by atoms with Crippen molar-refractivity contribution in [3.63, 3.8) is 0 Å². The van der Waals surface area contributed by atoms with E-state index in [1.165, 1.54) is 18.9 Å². The number of halogens is 2. The summed E-state index contributed by atoms with van der Waals surface area (Å²) in [4.78, 5) is 31.4. The molecule has 2 fully saturated rings. The molecule has 2 saturated heterocycles. The van der Waals surface area contributed by atoms with Gasteiger partial charge in [-0.1, -0.05) is 36.2 Å². The molecule has 0 aliphatic carbocycles. The number of nitrogens with zero attached hydrogens (tertiary/aromatic N) is 3. The Balaban J connectivity index is 1.45. The van der Waals surface area contributed by atoms with Crippen LogP contribution in [-0.2, 0) is 14.3 Å². The number of rotatable bonds is 8. The smallest absolute Gasteiger partial charge is 0.246 e. The van der Waals surface area contributed by atoms with Gasteiger partial charge in [0.1, 0.15) is 0 Å². The number of carbonyl (C=O) groups excluding carboxylic acids is 2. The Labute approximate surface area is 207 Å². The third kappa shape index (κ3) is 7.71. The Morgan fingerprint density at radius 1 is 1.15 bits per heavy atom. The van der Waals surface area contributed by atoms with Gasteiger partial charge < -0.3 is 19.4 Å². The molecule has 0 radical (unpaired) electrons. The second-order valence-corrected chi connectivity index (χ2v) is 10.3. The van der Waals surface area contributed by atoms with Crippen molar-refractivity contribution >= 4 is 41.1 Å². The average Bonchev–Trinajstić information content (AvgIpc) is 2.96. The van der Waals surface area contributed by atoms with Crippen LogP contribution >= 0.6 is 23.2 Å². The Hall–Kier alpha value is -1.60. The van der Waals surface area contributed by atoms with E-state index in [0.717, 1.165) is 44.8 Å². The van der Waals surface area contributed by atoms with Gasteiger partial charge in [-0.25, -0.2) is 0 Å². The molecule has 33 heavy (non-hydrogen) atoms. The molecule has 2 heterocycles. The number of methoxy groups -OCH3 is 1. The van der Waals surface area contributed by atoms with Gasteiger partial charge in [-0.3, -0.25) is 9.59 Å². The molecule has 0 aromatic heterocycles. The van der Waals surface area contributed by atoms with Crippen molar-refractivity contribution in [2.24, 2.45) is 5.41 Å². The lowest BCUT2D eigenvalue weighted by molar-refractivity contribution is -0.130. The van der Waals surface area contributed by atoms with E-state index in [9.17, 15) is 9.59 Å². The molecule has 1 aromatic carbocycles. The van der Waals surface area contributed by atoms with Gasteiger partial charge in [-0.05, 0) is 56.1 Å². The van der Waals surface area contributed by atoms with Crippen LogP contribution < -0.4 is 0 Å². The van der Waals surface area contributed by atoms with Crippen LogP contribution in [0.1, 0.15) is 38.2 Å². The Kier molecular flexibility index (Phi) is 9.62. The highest BCUT2D eigenvalue weighted by molar-refractivity contribution is 6.42. The minimum atomic E-state index is -0.0959. The van der Waals surface area contributed by atoms with Crippen LogP contribution in [0.25, 0.3) is 6.08 Å². The van der Waals surface area contributed by atoms with Gasteiger partial charge in [-0.15, -0.1) is 0 Å². The fraction of sp³-hybridized carbons (Fsp3) is 0.600. The monoisotopic (exact) mass is 495 g/mol. The third-order valence-corrected chi connectivity index (χ3v) is 7.26. The largest absolute Gasteiger partial charge is 0.384 e. The van der Waals surface area contributed by atoms with E-state index >= 15 is 0 Å². The van der Waals surface area contributed by atoms with Crippen molar-refractivity contribution in [3.8, 4) is 0 Å². The summed E-state index contributed by atoms with van der Waals surface area (Å²) < 4.78 is 5.41. The summed E-state index contributed by atoms with van der Waals surface area (Å²) in [5.41, 5.74) is 1.03. The zero-order valence-electron chi connectivity index (χ0n) is 19.7. The van der Waals surface area contributed by atoms with Crippen molar-refractivity contribution in [3.05, 3.63) is 39.9 Å². The van der Waals surface area contributed by atoms with Gasteiger partial charge in [-0.2, -0.15) is 0 Å². The van der Waals surface area contributed by atoms with E-state index < -0.39 is 0 Å². The first-order valence-electron chi connectivity index (χ1n) is 11.7. The van der Waals surface area contributed by atoms with Crippen LogP contribution in [0, 0.1) is 5.41 Å². The van der Waals surface area contributed by atoms with Crippen molar-refractivity contribution in [1.82, 2.24) is 14.7 Å². The molecule has 6 nitrogen and oxygen atoms in total. The number of benzene rings is 1. The Bertz CT molecular complexity index is 859. The van der Waals surface area contributed by atoms with Crippen LogP contribution in [0.5, 0.6) is 0 Å². The molecule has 0 N–H and O–H groups in total. The Morgan fingerprint density at radius 3 is 2.73 bits per heavy atom. The van der Waals surface area contributed by atoms with Crippen molar-refractivity contribution in [2.75, 3.05) is 59.5 Å². The fourth-order valence-corrected chi connectivity index (χ4v) is 5.09. The number of hydrogen-bond acceptors (Lipinski definition) is 4. The summed E-state index contributed by atoms with van der Waals surface area (Å²) in [6.07, 6.45) is 6.96. The maximum Gasteiger partial charge on any atom is 0.246 e. The standard InChI is InChI=1S/C25H35Cl2N3O3/c1-25(19-33-2)10-3-11-28(18-25)12-4-13-29-15-16-30(14-9-24(29)32)23(31)8-6-20-5-7-21(26)22(27)17-20/h5-8,17H,3-4,9-16,18-19H2,1-2H3/b8-6+. The first-order valence-corrected chi connectivity index (χ1v) is 12.5. The predicted molar refractivity (Wildman–Crippen MR) is 134 cm³/mol. The molecule has 8 heteroatoms. The third-order valence-electron chi connectivity index (χ3n) is 6.52. The zero-order valence-corrected chi connectivity index (χ0v) is 21.2. The number of ether oxygens (including phenoxy) is 1. The molecular formula is C25H35Cl2N3O3. The summed E-state index contributed by atoms with van der Waals surface area (Å²) in [6.45, 7) is 8.53. The molecule has 0 bridgehead atoms. The lowest BCUT2D eigenvalue weighted by Gasteiger charge is -2.40. The Morgan fingerprint density at radius 2 is 1.97 bits per heavy atom. The van der Waals surface area contributed by atoms with Crippen molar-refractivity contribution in [2.45, 2.75) is 32.6 Å². The van der Waals surface area contributed by atoms with Gasteiger partial charge in [0.05, 0.1) is 16.7 Å². The number of piperidine rings is 1. The summed E-state index contributed by atoms with van der Waals surface area (Å²) in [5, 5.41) is 0.936. The molecule has 2 amide bonds. The normalized spacial score (nSPS) is 22.7. The maximum absolute atomic E-state index is 12.7. The van der Waals surface area contributed by atoms with E-state index in [0.29, 0.717) is 36.1 Å². The van der Waals surface area contributed by atoms with Gasteiger partial charge in [0.25, 0.3) is 0 Å². The van der Waals surface area contributed by atoms with Crippen LogP contribution in [-0.4, -0.2) is 86.0 Å². The fourth-order valence-electron chi connectivity index (χ4n) is 4.78. The molecular weight excluding hydrogens is 461 g/mol. The molecule has 1 aromatic rings. The second kappa shape index (κ2) is 12.2. The highest BCUT2D eigenvalue weighted by Crippen LogP contribution is 2.29. The number of likely N-dealkylation sites (tertiary alicyclic amines) is 1. The van der Waals surface area contributed by atoms with E-state index in [-0.39, 0.29) is 17.2 Å². The highest BCUT2D eigenvalue weighted by atomic mass is 35.5. The lowest BCUT2D eigenvalue weighted by atomic mass is 9.82. The first-order chi connectivity index (χ1) is 15.8. The molecule has 0 saturated carbocycles. The van der Waals surface area contributed by atoms with E-state index in [1.54, 1.807) is 30.2 Å². The summed E-state index contributed by atoms with van der Waals surface area (Å²) in [7, 11) is 1.77. The summed E-state index contributed by atoms with van der Waals surface area (Å²) in [6, 6.07) is 5.24. The van der Waals surface area contributed by atoms with E-state index in [4.69, 9.17) is 27.9 Å². The second-order valence-electron chi connectivity index (χ2n) is 9.44. The summed E-state index contributed by atoms with van der Waals surface area (Å²) in [5.74, 6) is 0.0306. The number of amides is 2. The molecule has 3 rings (SSSR count). The molecule has 1 atom stereocenters. The van der Waals surface area contributed by atoms with Crippen LogP contribution in [0.4, 0.5) is 0 Å². The minimum Gasteiger partial charge on any atom is -0.384 e. The molecule has 182 valence electrons. The first kappa shape index (κ1) is 26.0. The average molecular weight is 496 g/mol. The van der Waals surface area contributed by atoms with Crippen molar-refractivity contribution in [1.29, 1.82) is 0 Å². The lowest BCUT2D eigenvalue weighted by Crippen LogP contribution is -2.45. The maximum atomic E-state index is 12.7. The highest BCUT2D eigenvalue weighted by Gasteiger charge is 2.31. The van der Waals surface area contributed by atoms with Gasteiger partial charge in [0.15, 0.2) is 0 Å². The summed E-state index contributed by atoms with van der Waals surface area (Å²) >= 11 is 12.0. The number of hydrogen-bond donors (Lipinski definition) is 0. The van der Waals surface area contributed by atoms with Crippen molar-refractivity contribution < 1.29 is 14.3 Å². The van der Waals surface area contributed by atoms with E-state index in [2.05, 4.69) is 11.8 Å². The quantitative estimate of drug-likeness (QED) is 0.507. The van der Waals surface area contributed by atoms with Crippen LogP contribution in [0.2, 0.25) is 10.0 Å². The topological polar surface area (TPSA) is 53.1 Å². The van der Waals surface area contributed by atoms with Crippen LogP contribution in [0.15, 0.2) is 24.3 Å². The van der Waals surface area contributed by atoms with Gasteiger partial charge in [0, 0.05) is 57.7 Å². The molecule has 2 aliphatic rings. The molecule has 2 aliphatic heterocycles. The minimum absolute atomic E-state index is 0.0959. The SMILES string of the molecule is COCC1(C)CCCN(CCCN2CCN(C(=O)/C=C/c3ccc(Cl)c(Cl)c3)CCC2=O)C1. The molecule has 1 unspecified atom stereocenters. The zero-order chi connectivity index (χ0) is 23.8. The molecule has 0 spiro atoms. The van der Waals surface area contributed by atoms with Crippen LogP contribution in [0.3, 0.4) is 0 Å². The number of carbonyl (C=O) groups is 2. The van der Waals surface area contributed by atoms with Gasteiger partial charge in [0.2, 0.25) is 11.8 Å². The predicted octanol–water partition coefficient (Wildman–Crippen LogP) is 4.21. The van der Waals surface area contributed by atoms with Gasteiger partial charge >= 0.3 is 0 Å². The van der Waals surface area contributed by atoms with E-state index in [1.807, 2.05) is 11.0 Å².